The number of hydrogen-bond donors (Lipinski definition) is 3. The molecule has 2 rings (SSSR count). The second-order valence-corrected chi connectivity index (χ2v) is 6.75. The maximum Gasteiger partial charge on any atom is 0.317 e. The normalized spacial score (nSPS) is 31.7. The van der Waals surface area contributed by atoms with Crippen LogP contribution in [0, 0.1) is 0 Å². The Balaban J connectivity index is 1.75. The highest BCUT2D eigenvalue weighted by molar-refractivity contribution is 5.75. The highest BCUT2D eigenvalue weighted by atomic mass is 16.4. The maximum atomic E-state index is 12.2. The highest BCUT2D eigenvalue weighted by Gasteiger charge is 2.37. The van der Waals surface area contributed by atoms with Crippen LogP contribution in [0.3, 0.4) is 0 Å². The van der Waals surface area contributed by atoms with Gasteiger partial charge in [0.1, 0.15) is 0 Å². The summed E-state index contributed by atoms with van der Waals surface area (Å²) in [7, 11) is 0. The molecule has 1 atom stereocenters. The molecule has 1 heterocycles. The van der Waals surface area contributed by atoms with E-state index in [0.29, 0.717) is 19.6 Å². The van der Waals surface area contributed by atoms with Crippen molar-refractivity contribution in [3.63, 3.8) is 0 Å². The van der Waals surface area contributed by atoms with Gasteiger partial charge in [-0.3, -0.25) is 9.69 Å². The SMILES string of the molecule is CCN(CC(=O)O)C1CC(NC(=O)N2CCCC(C)(O)C2)C1. The summed E-state index contributed by atoms with van der Waals surface area (Å²) in [6.07, 6.45) is 3.12. The number of piperidine rings is 1. The minimum Gasteiger partial charge on any atom is -0.480 e. The fourth-order valence-electron chi connectivity index (χ4n) is 3.34. The van der Waals surface area contributed by atoms with Crippen molar-refractivity contribution in [1.82, 2.24) is 15.1 Å². The molecule has 7 heteroatoms. The molecule has 1 saturated heterocycles. The molecule has 0 spiro atoms. The fourth-order valence-corrected chi connectivity index (χ4v) is 3.34. The molecule has 126 valence electrons. The lowest BCUT2D eigenvalue weighted by molar-refractivity contribution is -0.139. The van der Waals surface area contributed by atoms with E-state index >= 15 is 0 Å². The Bertz CT molecular complexity index is 421. The molecular weight excluding hydrogens is 286 g/mol. The summed E-state index contributed by atoms with van der Waals surface area (Å²) >= 11 is 0. The largest absolute Gasteiger partial charge is 0.480 e. The molecule has 2 amide bonds. The molecule has 0 bridgehead atoms. The molecule has 1 aliphatic carbocycles. The van der Waals surface area contributed by atoms with Gasteiger partial charge in [-0.1, -0.05) is 6.92 Å². The van der Waals surface area contributed by atoms with E-state index in [-0.39, 0.29) is 24.7 Å². The minimum atomic E-state index is -0.815. The first kappa shape index (κ1) is 17.0. The van der Waals surface area contributed by atoms with E-state index in [1.54, 1.807) is 11.8 Å². The van der Waals surface area contributed by atoms with Gasteiger partial charge in [0, 0.05) is 18.6 Å². The molecule has 1 saturated carbocycles. The smallest absolute Gasteiger partial charge is 0.317 e. The van der Waals surface area contributed by atoms with Crippen molar-refractivity contribution in [3.8, 4) is 0 Å². The van der Waals surface area contributed by atoms with E-state index in [0.717, 1.165) is 25.7 Å². The average molecular weight is 313 g/mol. The first-order chi connectivity index (χ1) is 10.3. The first-order valence-corrected chi connectivity index (χ1v) is 8.04. The van der Waals surface area contributed by atoms with Gasteiger partial charge in [-0.05, 0) is 39.2 Å². The summed E-state index contributed by atoms with van der Waals surface area (Å²) in [5.41, 5.74) is -0.793. The lowest BCUT2D eigenvalue weighted by atomic mass is 9.85. The predicted molar refractivity (Wildman–Crippen MR) is 81.7 cm³/mol. The molecule has 0 radical (unpaired) electrons. The Morgan fingerprint density at radius 2 is 2.09 bits per heavy atom. The van der Waals surface area contributed by atoms with Crippen LogP contribution in [0.1, 0.15) is 39.5 Å². The van der Waals surface area contributed by atoms with Crippen molar-refractivity contribution < 1.29 is 19.8 Å². The fraction of sp³-hybridized carbons (Fsp3) is 0.867. The molecule has 0 aromatic heterocycles. The van der Waals surface area contributed by atoms with Gasteiger partial charge in [-0.2, -0.15) is 0 Å². The van der Waals surface area contributed by atoms with Crippen LogP contribution < -0.4 is 5.32 Å². The maximum absolute atomic E-state index is 12.2. The van der Waals surface area contributed by atoms with Gasteiger partial charge in [0.25, 0.3) is 0 Å². The molecule has 22 heavy (non-hydrogen) atoms. The van der Waals surface area contributed by atoms with Gasteiger partial charge in [-0.25, -0.2) is 4.79 Å². The van der Waals surface area contributed by atoms with Gasteiger partial charge in [0.2, 0.25) is 0 Å². The van der Waals surface area contributed by atoms with Crippen molar-refractivity contribution in [2.75, 3.05) is 26.2 Å². The van der Waals surface area contributed by atoms with Gasteiger partial charge in [-0.15, -0.1) is 0 Å². The number of urea groups is 1. The van der Waals surface area contributed by atoms with Crippen molar-refractivity contribution in [2.24, 2.45) is 0 Å². The van der Waals surface area contributed by atoms with Gasteiger partial charge in [0.05, 0.1) is 18.7 Å². The van der Waals surface area contributed by atoms with Crippen molar-refractivity contribution in [3.05, 3.63) is 0 Å². The first-order valence-electron chi connectivity index (χ1n) is 8.04. The van der Waals surface area contributed by atoms with Crippen LogP contribution >= 0.6 is 0 Å². The Morgan fingerprint density at radius 3 is 2.64 bits per heavy atom. The Labute approximate surface area is 131 Å². The molecule has 7 nitrogen and oxygen atoms in total. The predicted octanol–water partition coefficient (Wildman–Crippen LogP) is 0.480. The zero-order chi connectivity index (χ0) is 16.3. The number of carbonyl (C=O) groups is 2. The van der Waals surface area contributed by atoms with E-state index in [4.69, 9.17) is 5.11 Å². The molecular formula is C15H27N3O4. The van der Waals surface area contributed by atoms with Crippen molar-refractivity contribution >= 4 is 12.0 Å². The summed E-state index contributed by atoms with van der Waals surface area (Å²) in [6.45, 7) is 5.51. The Hall–Kier alpha value is -1.34. The van der Waals surface area contributed by atoms with E-state index in [1.807, 2.05) is 11.8 Å². The summed E-state index contributed by atoms with van der Waals surface area (Å²) in [4.78, 5) is 26.6. The number of carbonyl (C=O) groups excluding carboxylic acids is 1. The second kappa shape index (κ2) is 6.83. The minimum absolute atomic E-state index is 0.0524. The van der Waals surface area contributed by atoms with Crippen LogP contribution in [0.15, 0.2) is 0 Å². The summed E-state index contributed by atoms with van der Waals surface area (Å²) in [6, 6.07) is 0.216. The van der Waals surface area contributed by atoms with Gasteiger partial charge in [0.15, 0.2) is 0 Å². The van der Waals surface area contributed by atoms with Crippen LogP contribution in [0.25, 0.3) is 0 Å². The quantitative estimate of drug-likeness (QED) is 0.686. The van der Waals surface area contributed by atoms with Gasteiger partial charge >= 0.3 is 12.0 Å². The zero-order valence-corrected chi connectivity index (χ0v) is 13.4. The number of β-amino-alcohol motifs (C(OH)–C–C–N with tert-alkyl or cyclic N) is 1. The number of hydrogen-bond acceptors (Lipinski definition) is 4. The second-order valence-electron chi connectivity index (χ2n) is 6.75. The summed E-state index contributed by atoms with van der Waals surface area (Å²) in [5, 5.41) is 21.9. The third kappa shape index (κ3) is 4.33. The number of likely N-dealkylation sites (tertiary alicyclic amines) is 1. The third-order valence-corrected chi connectivity index (χ3v) is 4.66. The number of amides is 2. The molecule has 3 N–H and O–H groups in total. The molecule has 0 aromatic carbocycles. The number of nitrogens with one attached hydrogen (secondary N) is 1. The molecule has 1 aliphatic heterocycles. The average Bonchev–Trinajstić information content (AvgIpc) is 2.38. The van der Waals surface area contributed by atoms with E-state index in [2.05, 4.69) is 5.32 Å². The number of rotatable bonds is 5. The van der Waals surface area contributed by atoms with Crippen LogP contribution in [0.5, 0.6) is 0 Å². The number of carboxylic acid groups (broad SMARTS) is 1. The lowest BCUT2D eigenvalue weighted by Gasteiger charge is -2.44. The number of aliphatic carboxylic acids is 1. The summed E-state index contributed by atoms with van der Waals surface area (Å²) in [5.74, 6) is -0.815. The topological polar surface area (TPSA) is 93.1 Å². The summed E-state index contributed by atoms with van der Waals surface area (Å²) < 4.78 is 0. The lowest BCUT2D eigenvalue weighted by Crippen LogP contribution is -2.59. The number of likely N-dealkylation sites (N-methyl/N-ethyl adjacent to an activating group) is 1. The monoisotopic (exact) mass is 313 g/mol. The van der Waals surface area contributed by atoms with Crippen LogP contribution in [-0.2, 0) is 4.79 Å². The zero-order valence-electron chi connectivity index (χ0n) is 13.4. The molecule has 1 unspecified atom stereocenters. The highest BCUT2D eigenvalue weighted by Crippen LogP contribution is 2.26. The van der Waals surface area contributed by atoms with Crippen molar-refractivity contribution in [1.29, 1.82) is 0 Å². The van der Waals surface area contributed by atoms with Gasteiger partial charge < -0.3 is 20.4 Å². The third-order valence-electron chi connectivity index (χ3n) is 4.66. The standard InChI is InChI=1S/C15H27N3O4/c1-3-17(9-13(19)20)12-7-11(8-12)16-14(21)18-6-4-5-15(2,22)10-18/h11-12,22H,3-10H2,1-2H3,(H,16,21)(H,19,20). The Morgan fingerprint density at radius 1 is 1.41 bits per heavy atom. The van der Waals surface area contributed by atoms with E-state index in [9.17, 15) is 14.7 Å². The van der Waals surface area contributed by atoms with Crippen LogP contribution in [-0.4, -0.2) is 75.9 Å². The molecule has 0 aromatic rings. The van der Waals surface area contributed by atoms with Crippen LogP contribution in [0.4, 0.5) is 4.79 Å². The number of aliphatic hydroxyl groups is 1. The number of nitrogens with zero attached hydrogens (tertiary/aromatic N) is 2. The van der Waals surface area contributed by atoms with Crippen molar-refractivity contribution in [2.45, 2.75) is 57.2 Å². The molecule has 2 aliphatic rings. The number of carboxylic acids is 1. The van der Waals surface area contributed by atoms with Crippen LogP contribution in [0.2, 0.25) is 0 Å². The van der Waals surface area contributed by atoms with E-state index in [1.165, 1.54) is 0 Å². The molecule has 2 fully saturated rings. The Kier molecular flexibility index (Phi) is 5.28. The van der Waals surface area contributed by atoms with E-state index < -0.39 is 11.6 Å².